The Labute approximate surface area is 115 Å². The van der Waals surface area contributed by atoms with Crippen LogP contribution in [0.15, 0.2) is 18.3 Å². The number of imidazole rings is 1. The van der Waals surface area contributed by atoms with E-state index in [1.54, 1.807) is 22.7 Å². The van der Waals surface area contributed by atoms with Crippen molar-refractivity contribution in [2.24, 2.45) is 0 Å². The van der Waals surface area contributed by atoms with E-state index >= 15 is 0 Å². The molecule has 0 bridgehead atoms. The van der Waals surface area contributed by atoms with Crippen molar-refractivity contribution in [3.8, 4) is 5.75 Å². The van der Waals surface area contributed by atoms with E-state index in [9.17, 15) is 13.5 Å². The van der Waals surface area contributed by atoms with Crippen LogP contribution in [0.3, 0.4) is 0 Å². The first-order valence-corrected chi connectivity index (χ1v) is 8.23. The van der Waals surface area contributed by atoms with Crippen LogP contribution in [0.5, 0.6) is 5.75 Å². The number of fused-ring (bicyclic) bond motifs is 1. The van der Waals surface area contributed by atoms with Crippen molar-refractivity contribution in [3.63, 3.8) is 0 Å². The summed E-state index contributed by atoms with van der Waals surface area (Å²) < 4.78 is 24.7. The molecule has 1 fully saturated rings. The van der Waals surface area contributed by atoms with E-state index in [4.69, 9.17) is 11.6 Å². The predicted octanol–water partition coefficient (Wildman–Crippen LogP) is 1.99. The molecule has 19 heavy (non-hydrogen) atoms. The SMILES string of the molecule is O=S1(=O)CCC(c2nc(Cl)c3ccc(O)cn23)CC1. The molecular weight excluding hydrogens is 288 g/mol. The van der Waals surface area contributed by atoms with Crippen LogP contribution in [0, 0.1) is 0 Å². The highest BCUT2D eigenvalue weighted by Crippen LogP contribution is 2.32. The average molecular weight is 301 g/mol. The normalized spacial score (nSPS) is 19.8. The number of pyridine rings is 1. The second-order valence-corrected chi connectivity index (χ2v) is 7.49. The maximum absolute atomic E-state index is 11.5. The highest BCUT2D eigenvalue weighted by molar-refractivity contribution is 7.91. The summed E-state index contributed by atoms with van der Waals surface area (Å²) >= 11 is 6.07. The molecule has 5 nitrogen and oxygen atoms in total. The Morgan fingerprint density at radius 2 is 2.00 bits per heavy atom. The van der Waals surface area contributed by atoms with Crippen LogP contribution in [0.25, 0.3) is 5.52 Å². The van der Waals surface area contributed by atoms with Gasteiger partial charge in [-0.15, -0.1) is 0 Å². The van der Waals surface area contributed by atoms with Gasteiger partial charge < -0.3 is 5.11 Å². The van der Waals surface area contributed by atoms with Crippen LogP contribution in [0.2, 0.25) is 5.15 Å². The van der Waals surface area contributed by atoms with E-state index in [1.807, 2.05) is 0 Å². The van der Waals surface area contributed by atoms with E-state index in [1.165, 1.54) is 0 Å². The minimum Gasteiger partial charge on any atom is -0.506 e. The fourth-order valence-electron chi connectivity index (χ4n) is 2.50. The van der Waals surface area contributed by atoms with Gasteiger partial charge in [0.05, 0.1) is 23.2 Å². The second-order valence-electron chi connectivity index (χ2n) is 4.83. The predicted molar refractivity (Wildman–Crippen MR) is 72.5 cm³/mol. The fraction of sp³-hybridized carbons (Fsp3) is 0.417. The number of hydrogen-bond acceptors (Lipinski definition) is 4. The minimum atomic E-state index is -2.90. The Balaban J connectivity index is 2.04. The van der Waals surface area contributed by atoms with Gasteiger partial charge >= 0.3 is 0 Å². The molecule has 0 atom stereocenters. The van der Waals surface area contributed by atoms with E-state index in [-0.39, 0.29) is 23.2 Å². The van der Waals surface area contributed by atoms with Crippen LogP contribution in [-0.2, 0) is 9.84 Å². The Morgan fingerprint density at radius 3 is 2.68 bits per heavy atom. The molecule has 0 saturated carbocycles. The zero-order valence-electron chi connectivity index (χ0n) is 10.1. The monoisotopic (exact) mass is 300 g/mol. The maximum atomic E-state index is 11.5. The van der Waals surface area contributed by atoms with Crippen molar-refractivity contribution in [1.29, 1.82) is 0 Å². The number of nitrogens with zero attached hydrogens (tertiary/aromatic N) is 2. The summed E-state index contributed by atoms with van der Waals surface area (Å²) in [6.07, 6.45) is 2.66. The van der Waals surface area contributed by atoms with Gasteiger partial charge in [-0.3, -0.25) is 4.40 Å². The van der Waals surface area contributed by atoms with E-state index in [0.717, 1.165) is 11.3 Å². The highest BCUT2D eigenvalue weighted by atomic mass is 35.5. The summed E-state index contributed by atoms with van der Waals surface area (Å²) in [5.41, 5.74) is 0.725. The number of aromatic nitrogens is 2. The molecule has 1 N–H and O–H groups in total. The number of hydrogen-bond donors (Lipinski definition) is 1. The van der Waals surface area contributed by atoms with Crippen molar-refractivity contribution in [1.82, 2.24) is 9.38 Å². The van der Waals surface area contributed by atoms with Gasteiger partial charge in [-0.25, -0.2) is 13.4 Å². The fourth-order valence-corrected chi connectivity index (χ4v) is 4.23. The standard InChI is InChI=1S/C12H13ClN2O3S/c13-11-10-2-1-9(16)7-15(10)12(14-11)8-3-5-19(17,18)6-4-8/h1-2,7-8,16H,3-6H2. The lowest BCUT2D eigenvalue weighted by atomic mass is 10.0. The number of rotatable bonds is 1. The van der Waals surface area contributed by atoms with Gasteiger partial charge in [0.2, 0.25) is 0 Å². The summed E-state index contributed by atoms with van der Waals surface area (Å²) in [4.78, 5) is 4.32. The molecule has 0 radical (unpaired) electrons. The molecule has 0 spiro atoms. The van der Waals surface area contributed by atoms with Crippen LogP contribution in [-0.4, -0.2) is 34.4 Å². The summed E-state index contributed by atoms with van der Waals surface area (Å²) in [6.45, 7) is 0. The van der Waals surface area contributed by atoms with Gasteiger partial charge in [-0.05, 0) is 25.0 Å². The van der Waals surface area contributed by atoms with Crippen molar-refractivity contribution in [2.75, 3.05) is 11.5 Å². The van der Waals surface area contributed by atoms with Gasteiger partial charge in [0.15, 0.2) is 5.15 Å². The molecule has 0 aromatic carbocycles. The first kappa shape index (κ1) is 12.7. The molecule has 102 valence electrons. The number of sulfone groups is 1. The summed E-state index contributed by atoms with van der Waals surface area (Å²) in [5, 5.41) is 9.94. The van der Waals surface area contributed by atoms with Crippen LogP contribution >= 0.6 is 11.6 Å². The molecule has 7 heteroatoms. The van der Waals surface area contributed by atoms with Crippen LogP contribution < -0.4 is 0 Å². The molecule has 1 aliphatic rings. The van der Waals surface area contributed by atoms with Crippen molar-refractivity contribution >= 4 is 27.0 Å². The van der Waals surface area contributed by atoms with Gasteiger partial charge in [-0.1, -0.05) is 11.6 Å². The minimum absolute atomic E-state index is 0.0605. The Bertz CT molecular complexity index is 725. The van der Waals surface area contributed by atoms with Gasteiger partial charge in [0.1, 0.15) is 21.4 Å². The molecular formula is C12H13ClN2O3S. The Morgan fingerprint density at radius 1 is 1.32 bits per heavy atom. The van der Waals surface area contributed by atoms with E-state index in [2.05, 4.69) is 4.98 Å². The molecule has 0 amide bonds. The zero-order chi connectivity index (χ0) is 13.6. The van der Waals surface area contributed by atoms with Crippen molar-refractivity contribution in [2.45, 2.75) is 18.8 Å². The Kier molecular flexibility index (Phi) is 2.94. The summed E-state index contributed by atoms with van der Waals surface area (Å²) in [6, 6.07) is 3.26. The number of halogens is 1. The van der Waals surface area contributed by atoms with E-state index < -0.39 is 9.84 Å². The molecule has 1 aliphatic heterocycles. The summed E-state index contributed by atoms with van der Waals surface area (Å²) in [5.74, 6) is 1.29. The molecule has 0 unspecified atom stereocenters. The molecule has 3 heterocycles. The number of aromatic hydroxyl groups is 1. The van der Waals surface area contributed by atoms with Crippen molar-refractivity contribution < 1.29 is 13.5 Å². The molecule has 2 aromatic rings. The lowest BCUT2D eigenvalue weighted by Crippen LogP contribution is -2.23. The highest BCUT2D eigenvalue weighted by Gasteiger charge is 2.28. The smallest absolute Gasteiger partial charge is 0.155 e. The lowest BCUT2D eigenvalue weighted by molar-refractivity contribution is 0.470. The third kappa shape index (κ3) is 2.30. The first-order chi connectivity index (χ1) is 8.96. The van der Waals surface area contributed by atoms with E-state index in [0.29, 0.717) is 18.0 Å². The van der Waals surface area contributed by atoms with Crippen molar-refractivity contribution in [3.05, 3.63) is 29.3 Å². The second kappa shape index (κ2) is 4.38. The third-order valence-electron chi connectivity index (χ3n) is 3.52. The quantitative estimate of drug-likeness (QED) is 0.874. The van der Waals surface area contributed by atoms with Gasteiger partial charge in [-0.2, -0.15) is 0 Å². The lowest BCUT2D eigenvalue weighted by Gasteiger charge is -2.20. The topological polar surface area (TPSA) is 71.7 Å². The largest absolute Gasteiger partial charge is 0.506 e. The zero-order valence-corrected chi connectivity index (χ0v) is 11.7. The first-order valence-electron chi connectivity index (χ1n) is 6.03. The molecule has 2 aromatic heterocycles. The molecule has 0 aliphatic carbocycles. The van der Waals surface area contributed by atoms with Crippen LogP contribution in [0.4, 0.5) is 0 Å². The van der Waals surface area contributed by atoms with Gasteiger partial charge in [0.25, 0.3) is 0 Å². The third-order valence-corrected chi connectivity index (χ3v) is 5.52. The van der Waals surface area contributed by atoms with Crippen LogP contribution in [0.1, 0.15) is 24.6 Å². The van der Waals surface area contributed by atoms with Gasteiger partial charge in [0, 0.05) is 5.92 Å². The summed E-state index contributed by atoms with van der Waals surface area (Å²) in [7, 11) is -2.90. The molecule has 3 rings (SSSR count). The average Bonchev–Trinajstić information content (AvgIpc) is 2.66. The maximum Gasteiger partial charge on any atom is 0.155 e. The molecule has 1 saturated heterocycles. The Hall–Kier alpha value is -1.27.